The molecule has 1 amide bonds. The fraction of sp³-hybridized carbons (Fsp3) is 0.333. The van der Waals surface area contributed by atoms with Gasteiger partial charge in [0.1, 0.15) is 11.5 Å². The summed E-state index contributed by atoms with van der Waals surface area (Å²) < 4.78 is 3.54. The molecular weight excluding hydrogens is 254 g/mol. The van der Waals surface area contributed by atoms with E-state index in [9.17, 15) is 4.79 Å². The lowest BCUT2D eigenvalue weighted by Crippen LogP contribution is -2.14. The SMILES string of the molecule is CCCNc1cnc(C(=O)Nc2nnns2)cn1. The van der Waals surface area contributed by atoms with E-state index in [1.54, 1.807) is 0 Å². The van der Waals surface area contributed by atoms with Crippen molar-refractivity contribution in [2.24, 2.45) is 0 Å². The zero-order valence-electron chi connectivity index (χ0n) is 9.62. The van der Waals surface area contributed by atoms with Crippen molar-refractivity contribution in [2.75, 3.05) is 17.2 Å². The van der Waals surface area contributed by atoms with Crippen molar-refractivity contribution < 1.29 is 4.79 Å². The molecule has 2 heterocycles. The van der Waals surface area contributed by atoms with Gasteiger partial charge < -0.3 is 5.32 Å². The van der Waals surface area contributed by atoms with Crippen LogP contribution in [-0.2, 0) is 0 Å². The molecule has 18 heavy (non-hydrogen) atoms. The first-order chi connectivity index (χ1) is 8.79. The smallest absolute Gasteiger partial charge is 0.277 e. The topological polar surface area (TPSA) is 106 Å². The Labute approximate surface area is 107 Å². The number of carbonyl (C=O) groups is 1. The van der Waals surface area contributed by atoms with E-state index in [2.05, 4.69) is 42.3 Å². The molecule has 2 rings (SSSR count). The molecule has 9 heteroatoms. The van der Waals surface area contributed by atoms with Crippen LogP contribution in [0.25, 0.3) is 0 Å². The summed E-state index contributed by atoms with van der Waals surface area (Å²) in [6.45, 7) is 2.87. The van der Waals surface area contributed by atoms with E-state index in [4.69, 9.17) is 0 Å². The van der Waals surface area contributed by atoms with Gasteiger partial charge in [0.2, 0.25) is 5.13 Å². The first-order valence-corrected chi connectivity index (χ1v) is 6.09. The first-order valence-electron chi connectivity index (χ1n) is 5.32. The maximum absolute atomic E-state index is 11.7. The van der Waals surface area contributed by atoms with Crippen molar-refractivity contribution in [3.8, 4) is 0 Å². The fourth-order valence-corrected chi connectivity index (χ4v) is 1.49. The molecule has 2 aromatic rings. The lowest BCUT2D eigenvalue weighted by atomic mass is 10.4. The number of hydrogen-bond donors (Lipinski definition) is 2. The Morgan fingerprint density at radius 3 is 2.89 bits per heavy atom. The number of hydrogen-bond acceptors (Lipinski definition) is 8. The van der Waals surface area contributed by atoms with Gasteiger partial charge in [-0.05, 0) is 11.6 Å². The van der Waals surface area contributed by atoms with Gasteiger partial charge in [-0.25, -0.2) is 9.97 Å². The van der Waals surface area contributed by atoms with Crippen molar-refractivity contribution in [3.63, 3.8) is 0 Å². The van der Waals surface area contributed by atoms with Gasteiger partial charge in [0, 0.05) is 18.1 Å². The first kappa shape index (κ1) is 12.3. The predicted octanol–water partition coefficient (Wildman–Crippen LogP) is 0.797. The fourth-order valence-electron chi connectivity index (χ4n) is 1.13. The van der Waals surface area contributed by atoms with Gasteiger partial charge in [0.15, 0.2) is 0 Å². The summed E-state index contributed by atoms with van der Waals surface area (Å²) in [6.07, 6.45) is 3.92. The molecule has 0 radical (unpaired) electrons. The molecule has 0 aliphatic rings. The van der Waals surface area contributed by atoms with E-state index < -0.39 is 0 Å². The predicted molar refractivity (Wildman–Crippen MR) is 66.5 cm³/mol. The summed E-state index contributed by atoms with van der Waals surface area (Å²) in [5.41, 5.74) is 0.215. The number of nitrogens with zero attached hydrogens (tertiary/aromatic N) is 5. The molecule has 94 valence electrons. The van der Waals surface area contributed by atoms with E-state index in [0.29, 0.717) is 10.9 Å². The van der Waals surface area contributed by atoms with Crippen molar-refractivity contribution >= 4 is 28.4 Å². The number of nitrogens with one attached hydrogen (secondary N) is 2. The maximum atomic E-state index is 11.7. The minimum atomic E-state index is -0.386. The van der Waals surface area contributed by atoms with Gasteiger partial charge in [0.05, 0.1) is 12.4 Å². The highest BCUT2D eigenvalue weighted by Crippen LogP contribution is 2.07. The third-order valence-electron chi connectivity index (χ3n) is 1.96. The van der Waals surface area contributed by atoms with Crippen molar-refractivity contribution in [3.05, 3.63) is 18.1 Å². The van der Waals surface area contributed by atoms with Crippen LogP contribution in [-0.4, -0.2) is 37.2 Å². The Bertz CT molecular complexity index is 498. The highest BCUT2D eigenvalue weighted by molar-refractivity contribution is 7.09. The molecule has 2 aromatic heterocycles. The lowest BCUT2D eigenvalue weighted by molar-refractivity contribution is 0.102. The number of anilines is 2. The van der Waals surface area contributed by atoms with Crippen LogP contribution in [0.1, 0.15) is 23.8 Å². The minimum Gasteiger partial charge on any atom is -0.369 e. The van der Waals surface area contributed by atoms with Gasteiger partial charge >= 0.3 is 0 Å². The Morgan fingerprint density at radius 1 is 1.39 bits per heavy atom. The Kier molecular flexibility index (Phi) is 4.07. The van der Waals surface area contributed by atoms with E-state index >= 15 is 0 Å². The second-order valence-electron chi connectivity index (χ2n) is 3.34. The van der Waals surface area contributed by atoms with Crippen molar-refractivity contribution in [2.45, 2.75) is 13.3 Å². The van der Waals surface area contributed by atoms with Crippen LogP contribution in [0, 0.1) is 0 Å². The van der Waals surface area contributed by atoms with Crippen LogP contribution in [0.5, 0.6) is 0 Å². The molecule has 0 fully saturated rings. The molecular formula is C9H11N7OS. The van der Waals surface area contributed by atoms with E-state index in [0.717, 1.165) is 24.5 Å². The standard InChI is InChI=1S/C9H11N7OS/c1-2-3-10-7-5-11-6(4-12-7)8(17)13-9-14-15-16-18-9/h4-5H,2-3H2,1H3,(H,10,12)(H,13,14,16,17). The zero-order valence-corrected chi connectivity index (χ0v) is 10.4. The molecule has 0 aliphatic carbocycles. The molecule has 0 saturated heterocycles. The molecule has 0 aliphatic heterocycles. The Morgan fingerprint density at radius 2 is 2.28 bits per heavy atom. The number of carbonyl (C=O) groups excluding carboxylic acids is 1. The van der Waals surface area contributed by atoms with Crippen molar-refractivity contribution in [1.29, 1.82) is 0 Å². The Hall–Kier alpha value is -2.16. The maximum Gasteiger partial charge on any atom is 0.277 e. The molecule has 0 bridgehead atoms. The zero-order chi connectivity index (χ0) is 12.8. The van der Waals surface area contributed by atoms with Crippen LogP contribution in [0.3, 0.4) is 0 Å². The van der Waals surface area contributed by atoms with Gasteiger partial charge in [-0.2, -0.15) is 0 Å². The van der Waals surface area contributed by atoms with E-state index in [1.807, 2.05) is 0 Å². The molecule has 2 N–H and O–H groups in total. The monoisotopic (exact) mass is 265 g/mol. The van der Waals surface area contributed by atoms with Gasteiger partial charge in [-0.15, -0.1) is 0 Å². The number of aromatic nitrogens is 5. The summed E-state index contributed by atoms with van der Waals surface area (Å²) >= 11 is 0.995. The molecule has 0 aromatic carbocycles. The summed E-state index contributed by atoms with van der Waals surface area (Å²) in [4.78, 5) is 19.8. The quantitative estimate of drug-likeness (QED) is 0.823. The number of amides is 1. The highest BCUT2D eigenvalue weighted by Gasteiger charge is 2.10. The van der Waals surface area contributed by atoms with E-state index in [1.165, 1.54) is 12.4 Å². The molecule has 8 nitrogen and oxygen atoms in total. The van der Waals surface area contributed by atoms with Crippen molar-refractivity contribution in [1.82, 2.24) is 24.8 Å². The third kappa shape index (κ3) is 3.17. The second kappa shape index (κ2) is 5.96. The molecule has 0 unspecified atom stereocenters. The van der Waals surface area contributed by atoms with Crippen LogP contribution >= 0.6 is 11.5 Å². The summed E-state index contributed by atoms with van der Waals surface area (Å²) in [6, 6.07) is 0. The van der Waals surface area contributed by atoms with E-state index in [-0.39, 0.29) is 11.6 Å². The van der Waals surface area contributed by atoms with Crippen LogP contribution in [0.2, 0.25) is 0 Å². The molecule has 0 atom stereocenters. The van der Waals surface area contributed by atoms with Crippen LogP contribution in [0.4, 0.5) is 10.9 Å². The molecule has 0 saturated carbocycles. The second-order valence-corrected chi connectivity index (χ2v) is 4.07. The largest absolute Gasteiger partial charge is 0.369 e. The summed E-state index contributed by atoms with van der Waals surface area (Å²) in [7, 11) is 0. The average molecular weight is 265 g/mol. The average Bonchev–Trinajstić information content (AvgIpc) is 2.89. The van der Waals surface area contributed by atoms with Gasteiger partial charge in [0.25, 0.3) is 5.91 Å². The van der Waals surface area contributed by atoms with Gasteiger partial charge in [-0.1, -0.05) is 16.5 Å². The minimum absolute atomic E-state index is 0.215. The highest BCUT2D eigenvalue weighted by atomic mass is 32.1. The van der Waals surface area contributed by atoms with Crippen LogP contribution in [0.15, 0.2) is 12.4 Å². The lowest BCUT2D eigenvalue weighted by Gasteiger charge is -2.03. The summed E-state index contributed by atoms with van der Waals surface area (Å²) in [5.74, 6) is 0.258. The summed E-state index contributed by atoms with van der Waals surface area (Å²) in [5, 5.41) is 12.9. The Balaban J connectivity index is 1.98. The number of rotatable bonds is 5. The molecule has 0 spiro atoms. The normalized spacial score (nSPS) is 10.1. The van der Waals surface area contributed by atoms with Crippen LogP contribution < -0.4 is 10.6 Å². The van der Waals surface area contributed by atoms with Gasteiger partial charge in [-0.3, -0.25) is 10.1 Å². The third-order valence-corrected chi connectivity index (χ3v) is 2.47.